The van der Waals surface area contributed by atoms with Gasteiger partial charge >= 0.3 is 0 Å². The van der Waals surface area contributed by atoms with Crippen LogP contribution in [0.25, 0.3) is 6.08 Å². The summed E-state index contributed by atoms with van der Waals surface area (Å²) in [6, 6.07) is 11.1. The fraction of sp³-hybridized carbons (Fsp3) is 0.308. The molecule has 0 unspecified atom stereocenters. The zero-order valence-corrected chi connectivity index (χ0v) is 22.1. The quantitative estimate of drug-likeness (QED) is 0.328. The number of carbonyl (C=O) groups is 1. The van der Waals surface area contributed by atoms with E-state index in [0.717, 1.165) is 22.8 Å². The Morgan fingerprint density at radius 2 is 1.97 bits per heavy atom. The third kappa shape index (κ3) is 5.91. The molecule has 10 heteroatoms. The number of nitrogens with zero attached hydrogens (tertiary/aromatic N) is 3. The van der Waals surface area contributed by atoms with Crippen LogP contribution >= 0.6 is 23.4 Å². The SMILES string of the molecule is COc1cc(/C=C2/C(=N)N3N=C(CC(C)C)SC3=NC2=O)cc(Cl)c1OCCOc1cccc(C)c1. The predicted octanol–water partition coefficient (Wildman–Crippen LogP) is 5.78. The van der Waals surface area contributed by atoms with Gasteiger partial charge in [0.2, 0.25) is 5.17 Å². The predicted molar refractivity (Wildman–Crippen MR) is 145 cm³/mol. The third-order valence-corrected chi connectivity index (χ3v) is 6.44. The summed E-state index contributed by atoms with van der Waals surface area (Å²) in [6.07, 6.45) is 2.32. The van der Waals surface area contributed by atoms with Crippen LogP contribution in [0.4, 0.5) is 0 Å². The summed E-state index contributed by atoms with van der Waals surface area (Å²) in [5.41, 5.74) is 1.80. The van der Waals surface area contributed by atoms with Gasteiger partial charge in [-0.05, 0) is 66.1 Å². The number of benzene rings is 2. The molecule has 0 aliphatic carbocycles. The van der Waals surface area contributed by atoms with Gasteiger partial charge in [-0.15, -0.1) is 0 Å². The number of amides is 1. The monoisotopic (exact) mass is 526 g/mol. The molecule has 0 radical (unpaired) electrons. The van der Waals surface area contributed by atoms with Crippen LogP contribution in [0.2, 0.25) is 5.02 Å². The zero-order valence-electron chi connectivity index (χ0n) is 20.5. The number of rotatable bonds is 9. The minimum Gasteiger partial charge on any atom is -0.493 e. The fourth-order valence-electron chi connectivity index (χ4n) is 3.60. The second-order valence-electron chi connectivity index (χ2n) is 8.66. The van der Waals surface area contributed by atoms with Gasteiger partial charge < -0.3 is 14.2 Å². The van der Waals surface area contributed by atoms with Gasteiger partial charge in [-0.3, -0.25) is 10.2 Å². The summed E-state index contributed by atoms with van der Waals surface area (Å²) in [4.78, 5) is 16.8. The standard InChI is InChI=1S/C26H27ClN4O4S/c1-15(2)10-22-30-31-24(28)19(25(32)29-26(31)36-22)12-17-13-20(27)23(21(14-17)33-4)35-9-8-34-18-7-5-6-16(3)11-18/h5-7,11-15,28H,8-10H2,1-4H3/b19-12-,28-24?. The summed E-state index contributed by atoms with van der Waals surface area (Å²) in [5, 5.41) is 16.0. The summed E-state index contributed by atoms with van der Waals surface area (Å²) < 4.78 is 17.0. The molecule has 2 aromatic carbocycles. The van der Waals surface area contributed by atoms with E-state index in [0.29, 0.717) is 39.8 Å². The normalized spacial score (nSPS) is 16.3. The number of amidine groups is 2. The number of hydrazone groups is 1. The van der Waals surface area contributed by atoms with Crippen molar-refractivity contribution in [2.24, 2.45) is 16.0 Å². The van der Waals surface area contributed by atoms with Crippen molar-refractivity contribution in [2.45, 2.75) is 27.2 Å². The van der Waals surface area contributed by atoms with Gasteiger partial charge in [-0.1, -0.05) is 37.6 Å². The Balaban J connectivity index is 1.48. The number of nitrogens with one attached hydrogen (secondary N) is 1. The van der Waals surface area contributed by atoms with Crippen molar-refractivity contribution in [2.75, 3.05) is 20.3 Å². The van der Waals surface area contributed by atoms with Crippen LogP contribution in [0.15, 0.2) is 52.1 Å². The number of carbonyl (C=O) groups excluding carboxylic acids is 1. The maximum absolute atomic E-state index is 12.7. The average molecular weight is 527 g/mol. The Bertz CT molecular complexity index is 1290. The number of fused-ring (bicyclic) bond motifs is 1. The van der Waals surface area contributed by atoms with E-state index in [4.69, 9.17) is 31.2 Å². The molecule has 0 bridgehead atoms. The van der Waals surface area contributed by atoms with Gasteiger partial charge in [0, 0.05) is 6.42 Å². The molecule has 2 aromatic rings. The molecule has 1 amide bonds. The largest absolute Gasteiger partial charge is 0.493 e. The zero-order chi connectivity index (χ0) is 25.8. The number of halogens is 1. The van der Waals surface area contributed by atoms with Crippen LogP contribution in [0.1, 0.15) is 31.4 Å². The van der Waals surface area contributed by atoms with Crippen LogP contribution in [-0.2, 0) is 4.79 Å². The smallest absolute Gasteiger partial charge is 0.283 e. The van der Waals surface area contributed by atoms with Gasteiger partial charge in [0.15, 0.2) is 17.3 Å². The lowest BCUT2D eigenvalue weighted by Gasteiger charge is -2.20. The molecular formula is C26H27ClN4O4S. The van der Waals surface area contributed by atoms with E-state index < -0.39 is 5.91 Å². The number of hydrogen-bond donors (Lipinski definition) is 1. The molecule has 188 valence electrons. The van der Waals surface area contributed by atoms with Crippen molar-refractivity contribution in [3.8, 4) is 17.2 Å². The first-order valence-corrected chi connectivity index (χ1v) is 12.6. The molecule has 8 nitrogen and oxygen atoms in total. The lowest BCUT2D eigenvalue weighted by atomic mass is 10.1. The number of hydrogen-bond acceptors (Lipinski definition) is 7. The Morgan fingerprint density at radius 1 is 1.19 bits per heavy atom. The average Bonchev–Trinajstić information content (AvgIpc) is 3.21. The van der Waals surface area contributed by atoms with E-state index in [1.807, 2.05) is 31.2 Å². The number of ether oxygens (including phenoxy) is 3. The summed E-state index contributed by atoms with van der Waals surface area (Å²) in [7, 11) is 1.51. The highest BCUT2D eigenvalue weighted by atomic mass is 35.5. The maximum atomic E-state index is 12.7. The molecule has 0 saturated carbocycles. The molecule has 0 fully saturated rings. The third-order valence-electron chi connectivity index (χ3n) is 5.23. The number of thioether (sulfide) groups is 1. The highest BCUT2D eigenvalue weighted by Crippen LogP contribution is 2.38. The Labute approximate surface area is 219 Å². The molecule has 0 atom stereocenters. The lowest BCUT2D eigenvalue weighted by molar-refractivity contribution is -0.114. The number of aliphatic imine (C=N–C) groups is 1. The first-order valence-electron chi connectivity index (χ1n) is 11.4. The molecule has 0 spiro atoms. The van der Waals surface area contributed by atoms with Crippen molar-refractivity contribution in [1.82, 2.24) is 5.01 Å². The van der Waals surface area contributed by atoms with Gasteiger partial charge in [0.1, 0.15) is 24.0 Å². The van der Waals surface area contributed by atoms with Crippen molar-refractivity contribution in [1.29, 1.82) is 5.41 Å². The van der Waals surface area contributed by atoms with Crippen LogP contribution in [0.5, 0.6) is 17.2 Å². The molecule has 1 N–H and O–H groups in total. The number of aryl methyl sites for hydroxylation is 1. The maximum Gasteiger partial charge on any atom is 0.283 e. The van der Waals surface area contributed by atoms with Gasteiger partial charge in [0.25, 0.3) is 5.91 Å². The van der Waals surface area contributed by atoms with Crippen molar-refractivity contribution in [3.05, 3.63) is 58.1 Å². The minimum atomic E-state index is -0.497. The van der Waals surface area contributed by atoms with Crippen molar-refractivity contribution >= 4 is 51.4 Å². The van der Waals surface area contributed by atoms with Crippen LogP contribution in [-0.4, -0.2) is 47.3 Å². The summed E-state index contributed by atoms with van der Waals surface area (Å²) in [5.74, 6) is 1.42. The lowest BCUT2D eigenvalue weighted by Crippen LogP contribution is -2.35. The van der Waals surface area contributed by atoms with E-state index in [1.165, 1.54) is 23.9 Å². The molecular weight excluding hydrogens is 500 g/mol. The first-order chi connectivity index (χ1) is 17.2. The van der Waals surface area contributed by atoms with E-state index in [9.17, 15) is 4.79 Å². The Morgan fingerprint density at radius 3 is 2.69 bits per heavy atom. The van der Waals surface area contributed by atoms with Crippen LogP contribution in [0, 0.1) is 18.3 Å². The van der Waals surface area contributed by atoms with Gasteiger partial charge in [-0.25, -0.2) is 0 Å². The van der Waals surface area contributed by atoms with E-state index >= 15 is 0 Å². The molecule has 0 aromatic heterocycles. The molecule has 2 heterocycles. The molecule has 2 aliphatic rings. The van der Waals surface area contributed by atoms with Gasteiger partial charge in [-0.2, -0.15) is 15.1 Å². The summed E-state index contributed by atoms with van der Waals surface area (Å²) >= 11 is 7.83. The van der Waals surface area contributed by atoms with Crippen LogP contribution < -0.4 is 14.2 Å². The van der Waals surface area contributed by atoms with E-state index in [-0.39, 0.29) is 18.0 Å². The van der Waals surface area contributed by atoms with Crippen molar-refractivity contribution in [3.63, 3.8) is 0 Å². The molecule has 0 saturated heterocycles. The topological polar surface area (TPSA) is 96.6 Å². The Hall–Kier alpha value is -3.30. The van der Waals surface area contributed by atoms with Crippen molar-refractivity contribution < 1.29 is 19.0 Å². The highest BCUT2D eigenvalue weighted by molar-refractivity contribution is 8.26. The van der Waals surface area contributed by atoms with E-state index in [1.54, 1.807) is 18.2 Å². The minimum absolute atomic E-state index is 0.0278. The summed E-state index contributed by atoms with van der Waals surface area (Å²) in [6.45, 7) is 6.76. The molecule has 4 rings (SSSR count). The molecule has 36 heavy (non-hydrogen) atoms. The molecule has 2 aliphatic heterocycles. The number of methoxy groups -OCH3 is 1. The first kappa shape index (κ1) is 25.8. The fourth-order valence-corrected chi connectivity index (χ4v) is 4.97. The second-order valence-corrected chi connectivity index (χ2v) is 10.1. The Kier molecular flexibility index (Phi) is 8.01. The van der Waals surface area contributed by atoms with Gasteiger partial charge in [0.05, 0.1) is 17.7 Å². The van der Waals surface area contributed by atoms with Crippen LogP contribution in [0.3, 0.4) is 0 Å². The van der Waals surface area contributed by atoms with E-state index in [2.05, 4.69) is 23.9 Å². The highest BCUT2D eigenvalue weighted by Gasteiger charge is 2.35. The second kappa shape index (κ2) is 11.2.